The molecule has 2 heterocycles. The zero-order valence-electron chi connectivity index (χ0n) is 12.4. The van der Waals surface area contributed by atoms with Crippen molar-refractivity contribution < 1.29 is 18.8 Å². The van der Waals surface area contributed by atoms with E-state index in [9.17, 15) is 9.59 Å². The van der Waals surface area contributed by atoms with Crippen LogP contribution in [0.25, 0.3) is 11.1 Å². The quantitative estimate of drug-likeness (QED) is 0.858. The van der Waals surface area contributed by atoms with Gasteiger partial charge in [0.25, 0.3) is 11.6 Å². The van der Waals surface area contributed by atoms with Crippen LogP contribution in [0.3, 0.4) is 0 Å². The molecule has 0 aliphatic rings. The average molecular weight is 291 g/mol. The van der Waals surface area contributed by atoms with E-state index >= 15 is 0 Å². The molecule has 0 radical (unpaired) electrons. The van der Waals surface area contributed by atoms with Crippen molar-refractivity contribution in [1.82, 2.24) is 15.5 Å². The van der Waals surface area contributed by atoms with Gasteiger partial charge in [-0.15, -0.1) is 0 Å². The highest BCUT2D eigenvalue weighted by atomic mass is 16.5. The lowest BCUT2D eigenvalue weighted by Gasteiger charge is -2.09. The molecule has 0 bridgehead atoms. The second-order valence-electron chi connectivity index (χ2n) is 5.06. The number of nitrogens with zero attached hydrogens (tertiary/aromatic N) is 2. The first-order valence-corrected chi connectivity index (χ1v) is 6.58. The molecule has 0 aromatic carbocycles. The van der Waals surface area contributed by atoms with E-state index in [1.165, 1.54) is 0 Å². The zero-order chi connectivity index (χ0) is 15.6. The van der Waals surface area contributed by atoms with Crippen molar-refractivity contribution in [1.29, 1.82) is 0 Å². The van der Waals surface area contributed by atoms with Gasteiger partial charge in [-0.2, -0.15) is 0 Å². The van der Waals surface area contributed by atoms with Crippen LogP contribution >= 0.6 is 0 Å². The van der Waals surface area contributed by atoms with Crippen molar-refractivity contribution in [3.8, 4) is 0 Å². The predicted octanol–water partition coefficient (Wildman–Crippen LogP) is 1.52. The summed E-state index contributed by atoms with van der Waals surface area (Å²) in [5, 5.41) is 6.94. The monoisotopic (exact) mass is 291 g/mol. The van der Waals surface area contributed by atoms with Crippen LogP contribution in [0.2, 0.25) is 0 Å². The number of nitrogens with one attached hydrogen (secondary N) is 1. The SMILES string of the molecule is Cc1cc(C(=O)OCC(=O)NC(C)C)c2c(C)noc2n1. The van der Waals surface area contributed by atoms with Crippen molar-refractivity contribution >= 4 is 23.0 Å². The molecule has 1 N–H and O–H groups in total. The third-order valence-electron chi connectivity index (χ3n) is 2.75. The Balaban J connectivity index is 2.19. The number of amides is 1. The number of fused-ring (bicyclic) bond motifs is 1. The van der Waals surface area contributed by atoms with Crippen molar-refractivity contribution in [2.45, 2.75) is 33.7 Å². The van der Waals surface area contributed by atoms with Crippen LogP contribution in [0.15, 0.2) is 10.6 Å². The van der Waals surface area contributed by atoms with E-state index in [1.54, 1.807) is 19.9 Å². The van der Waals surface area contributed by atoms with Crippen LogP contribution in [-0.2, 0) is 9.53 Å². The van der Waals surface area contributed by atoms with Gasteiger partial charge in [-0.3, -0.25) is 4.79 Å². The number of carbonyl (C=O) groups excluding carboxylic acids is 2. The summed E-state index contributed by atoms with van der Waals surface area (Å²) >= 11 is 0. The number of aromatic nitrogens is 2. The van der Waals surface area contributed by atoms with E-state index in [0.717, 1.165) is 0 Å². The van der Waals surface area contributed by atoms with E-state index in [4.69, 9.17) is 9.26 Å². The van der Waals surface area contributed by atoms with Crippen molar-refractivity contribution in [3.05, 3.63) is 23.0 Å². The molecule has 7 nitrogen and oxygen atoms in total. The third-order valence-corrected chi connectivity index (χ3v) is 2.75. The minimum Gasteiger partial charge on any atom is -0.452 e. The Morgan fingerprint density at radius 2 is 2.10 bits per heavy atom. The minimum absolute atomic E-state index is 0.00797. The molecule has 0 atom stereocenters. The fraction of sp³-hybridized carbons (Fsp3) is 0.429. The smallest absolute Gasteiger partial charge is 0.339 e. The number of rotatable bonds is 4. The van der Waals surface area contributed by atoms with Crippen molar-refractivity contribution in [3.63, 3.8) is 0 Å². The molecular weight excluding hydrogens is 274 g/mol. The van der Waals surface area contributed by atoms with Gasteiger partial charge >= 0.3 is 5.97 Å². The van der Waals surface area contributed by atoms with Gasteiger partial charge in [0, 0.05) is 11.7 Å². The maximum absolute atomic E-state index is 12.2. The topological polar surface area (TPSA) is 94.3 Å². The molecule has 0 spiro atoms. The van der Waals surface area contributed by atoms with Gasteiger partial charge in [0.2, 0.25) is 0 Å². The fourth-order valence-electron chi connectivity index (χ4n) is 1.95. The van der Waals surface area contributed by atoms with E-state index in [1.807, 2.05) is 13.8 Å². The lowest BCUT2D eigenvalue weighted by Crippen LogP contribution is -2.34. The summed E-state index contributed by atoms with van der Waals surface area (Å²) < 4.78 is 10.1. The Morgan fingerprint density at radius 3 is 2.76 bits per heavy atom. The van der Waals surface area contributed by atoms with Crippen LogP contribution in [0.5, 0.6) is 0 Å². The van der Waals surface area contributed by atoms with E-state index < -0.39 is 5.97 Å². The molecule has 2 aromatic heterocycles. The predicted molar refractivity (Wildman–Crippen MR) is 74.8 cm³/mol. The van der Waals surface area contributed by atoms with Gasteiger partial charge in [0.15, 0.2) is 6.61 Å². The molecule has 112 valence electrons. The molecule has 7 heteroatoms. The first-order valence-electron chi connectivity index (χ1n) is 6.58. The van der Waals surface area contributed by atoms with Gasteiger partial charge in [0.05, 0.1) is 16.6 Å². The summed E-state index contributed by atoms with van der Waals surface area (Å²) in [6.07, 6.45) is 0. The summed E-state index contributed by atoms with van der Waals surface area (Å²) in [5.41, 5.74) is 1.74. The van der Waals surface area contributed by atoms with Gasteiger partial charge in [-0.25, -0.2) is 9.78 Å². The van der Waals surface area contributed by atoms with Crippen LogP contribution in [0, 0.1) is 13.8 Å². The van der Waals surface area contributed by atoms with Crippen LogP contribution in [-0.4, -0.2) is 34.7 Å². The highest BCUT2D eigenvalue weighted by Crippen LogP contribution is 2.22. The van der Waals surface area contributed by atoms with Gasteiger partial charge in [-0.05, 0) is 33.8 Å². The van der Waals surface area contributed by atoms with Crippen LogP contribution in [0.4, 0.5) is 0 Å². The summed E-state index contributed by atoms with van der Waals surface area (Å²) in [6, 6.07) is 1.58. The second-order valence-corrected chi connectivity index (χ2v) is 5.06. The molecule has 1 amide bonds. The zero-order valence-corrected chi connectivity index (χ0v) is 12.4. The molecule has 2 rings (SSSR count). The molecule has 0 aliphatic carbocycles. The van der Waals surface area contributed by atoms with Gasteiger partial charge < -0.3 is 14.6 Å². The summed E-state index contributed by atoms with van der Waals surface area (Å²) in [4.78, 5) is 27.8. The average Bonchev–Trinajstić information content (AvgIpc) is 2.75. The van der Waals surface area contributed by atoms with Crippen LogP contribution < -0.4 is 5.32 Å². The lowest BCUT2D eigenvalue weighted by molar-refractivity contribution is -0.124. The Kier molecular flexibility index (Phi) is 4.21. The van der Waals surface area contributed by atoms with Gasteiger partial charge in [0.1, 0.15) is 0 Å². The maximum atomic E-state index is 12.2. The van der Waals surface area contributed by atoms with E-state index in [2.05, 4.69) is 15.5 Å². The summed E-state index contributed by atoms with van der Waals surface area (Å²) in [5.74, 6) is -0.946. The number of hydrogen-bond donors (Lipinski definition) is 1. The standard InChI is InChI=1S/C14H17N3O4/c1-7(2)15-11(18)6-20-14(19)10-5-8(3)16-13-12(10)9(4)17-21-13/h5,7H,6H2,1-4H3,(H,15,18). The molecule has 21 heavy (non-hydrogen) atoms. The molecular formula is C14H17N3O4. The molecule has 0 saturated carbocycles. The Morgan fingerprint density at radius 1 is 1.38 bits per heavy atom. The maximum Gasteiger partial charge on any atom is 0.339 e. The number of esters is 1. The number of carbonyl (C=O) groups is 2. The second kappa shape index (κ2) is 5.90. The molecule has 0 saturated heterocycles. The number of hydrogen-bond acceptors (Lipinski definition) is 6. The Labute approximate surface area is 121 Å². The van der Waals surface area contributed by atoms with Gasteiger partial charge in [-0.1, -0.05) is 5.16 Å². The largest absolute Gasteiger partial charge is 0.452 e. The number of aryl methyl sites for hydroxylation is 2. The molecule has 2 aromatic rings. The van der Waals surface area contributed by atoms with Crippen LogP contribution in [0.1, 0.15) is 35.6 Å². The number of pyridine rings is 1. The summed E-state index contributed by atoms with van der Waals surface area (Å²) in [6.45, 7) is 6.78. The normalized spacial score (nSPS) is 10.9. The lowest BCUT2D eigenvalue weighted by atomic mass is 10.1. The summed E-state index contributed by atoms with van der Waals surface area (Å²) in [7, 11) is 0. The van der Waals surface area contributed by atoms with E-state index in [0.29, 0.717) is 22.3 Å². The molecule has 0 aliphatic heterocycles. The fourth-order valence-corrected chi connectivity index (χ4v) is 1.95. The number of ether oxygens (including phenoxy) is 1. The van der Waals surface area contributed by atoms with Crippen molar-refractivity contribution in [2.24, 2.45) is 0 Å². The first kappa shape index (κ1) is 15.0. The molecule has 0 fully saturated rings. The minimum atomic E-state index is -0.601. The third kappa shape index (κ3) is 3.36. The van der Waals surface area contributed by atoms with Crippen molar-refractivity contribution in [2.75, 3.05) is 6.61 Å². The molecule has 0 unspecified atom stereocenters. The van der Waals surface area contributed by atoms with E-state index in [-0.39, 0.29) is 24.3 Å². The highest BCUT2D eigenvalue weighted by molar-refractivity contribution is 6.03. The first-order chi connectivity index (χ1) is 9.88. The Hall–Kier alpha value is -2.44. The Bertz CT molecular complexity index is 691. The highest BCUT2D eigenvalue weighted by Gasteiger charge is 2.19.